The molecule has 0 aliphatic carbocycles. The molecule has 0 aromatic carbocycles. The lowest BCUT2D eigenvalue weighted by molar-refractivity contribution is -0.192. The van der Waals surface area contributed by atoms with Crippen LogP contribution in [0.15, 0.2) is 36.5 Å². The zero-order valence-electron chi connectivity index (χ0n) is 55.0. The van der Waals surface area contributed by atoms with Crippen LogP contribution in [0.2, 0.25) is 0 Å². The highest BCUT2D eigenvalue weighted by Crippen LogP contribution is 2.22. The molecule has 0 aliphatic rings. The zero-order valence-corrected chi connectivity index (χ0v) is 55.0. The number of esters is 1. The van der Waals surface area contributed by atoms with Crippen LogP contribution >= 0.6 is 0 Å². The second-order valence-electron chi connectivity index (χ2n) is 24.8. The van der Waals surface area contributed by atoms with Gasteiger partial charge < -0.3 is 9.57 Å². The number of carbonyl (C=O) groups is 2. The molecule has 0 heterocycles. The first kappa shape index (κ1) is 78.1. The number of nitrogens with zero attached hydrogens (tertiary/aromatic N) is 2. The van der Waals surface area contributed by atoms with E-state index in [2.05, 4.69) is 76.0 Å². The van der Waals surface area contributed by atoms with Crippen molar-refractivity contribution in [1.82, 2.24) is 9.96 Å². The van der Waals surface area contributed by atoms with Crippen molar-refractivity contribution in [2.45, 2.75) is 381 Å². The van der Waals surface area contributed by atoms with Gasteiger partial charge in [0.2, 0.25) is 0 Å². The molecule has 1 atom stereocenters. The predicted molar refractivity (Wildman–Crippen MR) is 354 cm³/mol. The van der Waals surface area contributed by atoms with Gasteiger partial charge in [-0.2, -0.15) is 0 Å². The topological polar surface area (TPSA) is 59.1 Å². The van der Waals surface area contributed by atoms with E-state index in [-0.39, 0.29) is 17.9 Å². The van der Waals surface area contributed by atoms with E-state index in [1.807, 2.05) is 5.06 Å². The first-order valence-electron chi connectivity index (χ1n) is 36.3. The second kappa shape index (κ2) is 67.9. The molecular formula is C74H142N2O4. The Bertz CT molecular complexity index is 1310. The summed E-state index contributed by atoms with van der Waals surface area (Å²) in [6, 6.07) is 0. The van der Waals surface area contributed by atoms with Crippen LogP contribution in [0.4, 0.5) is 0 Å². The Morgan fingerprint density at radius 2 is 0.613 bits per heavy atom. The number of hydrogen-bond donors (Lipinski definition) is 0. The molecule has 0 aliphatic heterocycles. The van der Waals surface area contributed by atoms with E-state index in [1.165, 1.54) is 276 Å². The van der Waals surface area contributed by atoms with E-state index < -0.39 is 0 Å². The van der Waals surface area contributed by atoms with Crippen LogP contribution in [0.1, 0.15) is 381 Å². The van der Waals surface area contributed by atoms with Gasteiger partial charge in [-0.05, 0) is 116 Å². The third kappa shape index (κ3) is 60.7. The summed E-state index contributed by atoms with van der Waals surface area (Å²) in [7, 11) is 0. The molecule has 6 nitrogen and oxygen atoms in total. The van der Waals surface area contributed by atoms with Crippen LogP contribution in [0, 0.1) is 5.92 Å². The second-order valence-corrected chi connectivity index (χ2v) is 24.8. The summed E-state index contributed by atoms with van der Waals surface area (Å²) in [6.45, 7) is 16.0. The molecule has 0 rings (SSSR count). The van der Waals surface area contributed by atoms with Crippen LogP contribution in [0.5, 0.6) is 0 Å². The van der Waals surface area contributed by atoms with Crippen molar-refractivity contribution in [3.05, 3.63) is 36.5 Å². The van der Waals surface area contributed by atoms with Crippen molar-refractivity contribution < 1.29 is 19.2 Å². The van der Waals surface area contributed by atoms with Gasteiger partial charge in [-0.1, -0.05) is 315 Å². The van der Waals surface area contributed by atoms with Crippen molar-refractivity contribution in [3.63, 3.8) is 0 Å². The SMILES string of the molecule is CCCCC/C=C\C/C=C\CCCCCCCCN(CCCCCCCCOC(=O)C(CCCCCC)CCCCCCCC)OC(=O)CN(CCCCCCCC/C=C\CCCCCCCC)CCCCCCCCCCCC. The standard InChI is InChI=1S/C74H142N2O4/c1-6-11-16-21-25-28-31-33-35-37-39-41-44-47-53-60-67-75(66-59-52-46-43-30-27-23-18-13-8-3)71-73(77)80-76(68-61-54-48-45-42-40-38-36-34-32-29-26-22-17-12-7-2)69-62-55-49-50-56-63-70-79-74(78)72(64-57-20-15-10-5)65-58-51-24-19-14-9-4/h26,29,33-36,72H,6-25,27-28,30-32,37-71H2,1-5H3/b29-26-,35-33-,36-34-. The summed E-state index contributed by atoms with van der Waals surface area (Å²) in [4.78, 5) is 35.8. The molecule has 0 aromatic heterocycles. The third-order valence-corrected chi connectivity index (χ3v) is 16.7. The van der Waals surface area contributed by atoms with Gasteiger partial charge in [-0.3, -0.25) is 9.69 Å². The van der Waals surface area contributed by atoms with Gasteiger partial charge in [0.25, 0.3) is 0 Å². The van der Waals surface area contributed by atoms with Gasteiger partial charge >= 0.3 is 11.9 Å². The maximum atomic E-state index is 13.8. The Kier molecular flexibility index (Phi) is 66.2. The number of rotatable bonds is 67. The molecule has 1 unspecified atom stereocenters. The number of allylic oxidation sites excluding steroid dienone is 6. The predicted octanol–water partition coefficient (Wildman–Crippen LogP) is 24.0. The van der Waals surface area contributed by atoms with Crippen LogP contribution in [-0.2, 0) is 19.2 Å². The summed E-state index contributed by atoms with van der Waals surface area (Å²) < 4.78 is 5.91. The fourth-order valence-corrected chi connectivity index (χ4v) is 11.3. The Morgan fingerprint density at radius 3 is 1.01 bits per heavy atom. The lowest BCUT2D eigenvalue weighted by atomic mass is 9.94. The molecule has 6 heteroatoms. The molecule has 0 bridgehead atoms. The van der Waals surface area contributed by atoms with E-state index in [9.17, 15) is 9.59 Å². The quantitative estimate of drug-likeness (QED) is 0.0262. The van der Waals surface area contributed by atoms with Crippen molar-refractivity contribution >= 4 is 11.9 Å². The number of ether oxygens (including phenoxy) is 1. The molecule has 0 aromatic rings. The minimum atomic E-state index is -0.0635. The van der Waals surface area contributed by atoms with Gasteiger partial charge in [-0.25, -0.2) is 4.79 Å². The van der Waals surface area contributed by atoms with E-state index >= 15 is 0 Å². The first-order chi connectivity index (χ1) is 39.5. The first-order valence-corrected chi connectivity index (χ1v) is 36.3. The molecule has 0 N–H and O–H groups in total. The summed E-state index contributed by atoms with van der Waals surface area (Å²) in [5.41, 5.74) is 0. The molecule has 0 saturated heterocycles. The maximum Gasteiger partial charge on any atom is 0.339 e. The van der Waals surface area contributed by atoms with E-state index in [0.29, 0.717) is 13.2 Å². The van der Waals surface area contributed by atoms with Gasteiger partial charge in [0.1, 0.15) is 0 Å². The van der Waals surface area contributed by atoms with Gasteiger partial charge in [-0.15, -0.1) is 5.06 Å². The Balaban J connectivity index is 5.17. The van der Waals surface area contributed by atoms with Crippen LogP contribution in [-0.4, -0.2) is 61.2 Å². The number of hydrogen-bond acceptors (Lipinski definition) is 6. The molecular weight excluding hydrogens is 981 g/mol. The summed E-state index contributed by atoms with van der Waals surface area (Å²) >= 11 is 0. The Hall–Kier alpha value is -1.92. The highest BCUT2D eigenvalue weighted by Gasteiger charge is 2.20. The highest BCUT2D eigenvalue weighted by molar-refractivity contribution is 5.72. The van der Waals surface area contributed by atoms with Crippen molar-refractivity contribution in [3.8, 4) is 0 Å². The molecule has 0 fully saturated rings. The Morgan fingerprint density at radius 1 is 0.325 bits per heavy atom. The maximum absolute atomic E-state index is 13.8. The molecule has 0 radical (unpaired) electrons. The summed E-state index contributed by atoms with van der Waals surface area (Å²) in [6.07, 6.45) is 81.9. The van der Waals surface area contributed by atoms with Gasteiger partial charge in [0.05, 0.1) is 19.1 Å². The summed E-state index contributed by atoms with van der Waals surface area (Å²) in [5, 5.41) is 2.04. The fraction of sp³-hybridized carbons (Fsp3) is 0.892. The van der Waals surface area contributed by atoms with Crippen LogP contribution in [0.25, 0.3) is 0 Å². The molecule has 0 saturated carbocycles. The lowest BCUT2D eigenvalue weighted by Gasteiger charge is -2.25. The minimum absolute atomic E-state index is 0.0600. The highest BCUT2D eigenvalue weighted by atomic mass is 16.7. The number of carbonyl (C=O) groups excluding carboxylic acids is 2. The van der Waals surface area contributed by atoms with Crippen LogP contribution in [0.3, 0.4) is 0 Å². The largest absolute Gasteiger partial charge is 0.465 e. The van der Waals surface area contributed by atoms with E-state index in [4.69, 9.17) is 9.57 Å². The average Bonchev–Trinajstić information content (AvgIpc) is 3.46. The summed E-state index contributed by atoms with van der Waals surface area (Å²) in [5.74, 6) is 0.0796. The minimum Gasteiger partial charge on any atom is -0.465 e. The number of hydroxylamine groups is 2. The smallest absolute Gasteiger partial charge is 0.339 e. The molecule has 472 valence electrons. The fourth-order valence-electron chi connectivity index (χ4n) is 11.3. The van der Waals surface area contributed by atoms with Crippen molar-refractivity contribution in [2.75, 3.05) is 39.3 Å². The van der Waals surface area contributed by atoms with Crippen LogP contribution < -0.4 is 0 Å². The van der Waals surface area contributed by atoms with Crippen molar-refractivity contribution in [1.29, 1.82) is 0 Å². The number of unbranched alkanes of at least 4 members (excludes halogenated alkanes) is 43. The Labute approximate surface area is 501 Å². The average molecular weight is 1120 g/mol. The van der Waals surface area contributed by atoms with E-state index in [1.54, 1.807) is 0 Å². The zero-order chi connectivity index (χ0) is 58.0. The monoisotopic (exact) mass is 1120 g/mol. The van der Waals surface area contributed by atoms with Gasteiger partial charge in [0, 0.05) is 13.1 Å². The molecule has 0 spiro atoms. The molecule has 80 heavy (non-hydrogen) atoms. The van der Waals surface area contributed by atoms with E-state index in [0.717, 1.165) is 96.8 Å². The van der Waals surface area contributed by atoms with Gasteiger partial charge in [0.15, 0.2) is 0 Å². The third-order valence-electron chi connectivity index (χ3n) is 16.7. The normalized spacial score (nSPS) is 12.4. The molecule has 0 amide bonds. The van der Waals surface area contributed by atoms with Crippen molar-refractivity contribution in [2.24, 2.45) is 5.92 Å². The lowest BCUT2D eigenvalue weighted by Crippen LogP contribution is -2.37.